The Morgan fingerprint density at radius 2 is 2.21 bits per heavy atom. The van der Waals surface area contributed by atoms with Crippen molar-refractivity contribution in [1.82, 2.24) is 4.90 Å². The average Bonchev–Trinajstić information content (AvgIpc) is 2.43. The molecule has 1 aliphatic rings. The molecule has 0 saturated carbocycles. The molecule has 4 heteroatoms. The summed E-state index contributed by atoms with van der Waals surface area (Å²) >= 11 is 6.17. The highest BCUT2D eigenvalue weighted by atomic mass is 35.5. The summed E-state index contributed by atoms with van der Waals surface area (Å²) in [5.74, 6) is 0. The Kier molecular flexibility index (Phi) is 4.84. The van der Waals surface area contributed by atoms with Gasteiger partial charge in [-0.3, -0.25) is 4.90 Å². The maximum absolute atomic E-state index is 9.12. The topological polar surface area (TPSA) is 39.1 Å². The first-order valence-electron chi connectivity index (χ1n) is 6.53. The summed E-state index contributed by atoms with van der Waals surface area (Å²) in [5, 5.41) is 13.2. The summed E-state index contributed by atoms with van der Waals surface area (Å²) < 4.78 is 0. The van der Waals surface area contributed by atoms with Crippen molar-refractivity contribution >= 4 is 17.3 Å². The van der Waals surface area contributed by atoms with E-state index in [9.17, 15) is 0 Å². The van der Waals surface area contributed by atoms with E-state index in [0.717, 1.165) is 38.2 Å². The molecule has 1 fully saturated rings. The zero-order valence-corrected chi connectivity index (χ0v) is 11.7. The maximum Gasteiger partial charge on any atom is 0.101 e. The van der Waals surface area contributed by atoms with Gasteiger partial charge in [0.05, 0.1) is 16.3 Å². The van der Waals surface area contributed by atoms with Gasteiger partial charge in [-0.15, -0.1) is 6.58 Å². The molecular weight excluding hydrogens is 258 g/mol. The van der Waals surface area contributed by atoms with Gasteiger partial charge in [-0.2, -0.15) is 5.26 Å². The van der Waals surface area contributed by atoms with Crippen LogP contribution in [0.1, 0.15) is 18.4 Å². The Balaban J connectivity index is 2.00. The number of likely N-dealkylation sites (tertiary alicyclic amines) is 1. The lowest BCUT2D eigenvalue weighted by atomic mass is 10.0. The summed E-state index contributed by atoms with van der Waals surface area (Å²) in [7, 11) is 0. The van der Waals surface area contributed by atoms with Gasteiger partial charge in [0.1, 0.15) is 6.07 Å². The predicted octanol–water partition coefficient (Wildman–Crippen LogP) is 3.27. The number of nitrogens with one attached hydrogen (secondary N) is 1. The van der Waals surface area contributed by atoms with Gasteiger partial charge in [0.15, 0.2) is 0 Å². The first-order chi connectivity index (χ1) is 9.24. The Morgan fingerprint density at radius 1 is 1.47 bits per heavy atom. The molecular formula is C15H18ClN3. The smallest absolute Gasteiger partial charge is 0.101 e. The lowest BCUT2D eigenvalue weighted by molar-refractivity contribution is 0.240. The monoisotopic (exact) mass is 275 g/mol. The van der Waals surface area contributed by atoms with Crippen molar-refractivity contribution in [2.75, 3.05) is 25.0 Å². The van der Waals surface area contributed by atoms with Gasteiger partial charge in [-0.25, -0.2) is 0 Å². The second-order valence-corrected chi connectivity index (χ2v) is 5.19. The number of hydrogen-bond donors (Lipinski definition) is 1. The van der Waals surface area contributed by atoms with Gasteiger partial charge in [-0.05, 0) is 25.0 Å². The van der Waals surface area contributed by atoms with Crippen LogP contribution >= 0.6 is 11.6 Å². The van der Waals surface area contributed by atoms with E-state index in [4.69, 9.17) is 16.9 Å². The van der Waals surface area contributed by atoms with Crippen LogP contribution in [0.3, 0.4) is 0 Å². The Labute approximate surface area is 119 Å². The Morgan fingerprint density at radius 3 is 2.84 bits per heavy atom. The average molecular weight is 276 g/mol. The van der Waals surface area contributed by atoms with E-state index in [0.29, 0.717) is 16.6 Å². The number of nitriles is 1. The SMILES string of the molecule is C=CCN1CCC(Nc2c(Cl)cccc2C#N)CC1. The third-order valence-corrected chi connectivity index (χ3v) is 3.77. The Bertz CT molecular complexity index is 485. The van der Waals surface area contributed by atoms with Crippen molar-refractivity contribution in [1.29, 1.82) is 5.26 Å². The Hall–Kier alpha value is -1.50. The van der Waals surface area contributed by atoms with Crippen LogP contribution in [0.4, 0.5) is 5.69 Å². The normalized spacial score (nSPS) is 16.8. The van der Waals surface area contributed by atoms with E-state index in [1.807, 2.05) is 12.1 Å². The third-order valence-electron chi connectivity index (χ3n) is 3.46. The zero-order valence-electron chi connectivity index (χ0n) is 10.9. The van der Waals surface area contributed by atoms with E-state index in [1.54, 1.807) is 12.1 Å². The van der Waals surface area contributed by atoms with Crippen LogP contribution in [0.5, 0.6) is 0 Å². The number of halogens is 1. The van der Waals surface area contributed by atoms with Crippen LogP contribution < -0.4 is 5.32 Å². The maximum atomic E-state index is 9.12. The molecule has 1 aliphatic heterocycles. The number of hydrogen-bond acceptors (Lipinski definition) is 3. The highest BCUT2D eigenvalue weighted by molar-refractivity contribution is 6.33. The van der Waals surface area contributed by atoms with Gasteiger partial charge >= 0.3 is 0 Å². The van der Waals surface area contributed by atoms with Crippen molar-refractivity contribution in [3.63, 3.8) is 0 Å². The molecule has 1 saturated heterocycles. The van der Waals surface area contributed by atoms with Crippen molar-refractivity contribution in [2.45, 2.75) is 18.9 Å². The van der Waals surface area contributed by atoms with Crippen molar-refractivity contribution in [3.05, 3.63) is 41.4 Å². The minimum Gasteiger partial charge on any atom is -0.380 e. The molecule has 19 heavy (non-hydrogen) atoms. The minimum atomic E-state index is 0.382. The van der Waals surface area contributed by atoms with Gasteiger partial charge in [0.25, 0.3) is 0 Å². The van der Waals surface area contributed by atoms with E-state index < -0.39 is 0 Å². The number of benzene rings is 1. The standard InChI is InChI=1S/C15H18ClN3/c1-2-8-19-9-6-13(7-10-19)18-15-12(11-17)4-3-5-14(15)16/h2-5,13,18H,1,6-10H2. The molecule has 0 aliphatic carbocycles. The lowest BCUT2D eigenvalue weighted by Gasteiger charge is -2.32. The van der Waals surface area contributed by atoms with Gasteiger partial charge in [0, 0.05) is 25.7 Å². The summed E-state index contributed by atoms with van der Waals surface area (Å²) in [5.41, 5.74) is 1.38. The molecule has 0 spiro atoms. The largest absolute Gasteiger partial charge is 0.380 e. The second kappa shape index (κ2) is 6.60. The van der Waals surface area contributed by atoms with Crippen LogP contribution in [0.25, 0.3) is 0 Å². The molecule has 0 aromatic heterocycles. The summed E-state index contributed by atoms with van der Waals surface area (Å²) in [6.07, 6.45) is 4.06. The number of rotatable bonds is 4. The fourth-order valence-electron chi connectivity index (χ4n) is 2.41. The van der Waals surface area contributed by atoms with Gasteiger partial charge in [0.2, 0.25) is 0 Å². The molecule has 1 aromatic carbocycles. The van der Waals surface area contributed by atoms with Crippen LogP contribution in [-0.4, -0.2) is 30.6 Å². The van der Waals surface area contributed by atoms with Gasteiger partial charge in [-0.1, -0.05) is 23.7 Å². The quantitative estimate of drug-likeness (QED) is 0.857. The first-order valence-corrected chi connectivity index (χ1v) is 6.90. The number of anilines is 1. The van der Waals surface area contributed by atoms with Crippen molar-refractivity contribution < 1.29 is 0 Å². The molecule has 1 heterocycles. The fraction of sp³-hybridized carbons (Fsp3) is 0.400. The molecule has 0 radical (unpaired) electrons. The van der Waals surface area contributed by atoms with Crippen LogP contribution in [-0.2, 0) is 0 Å². The summed E-state index contributed by atoms with van der Waals surface area (Å²) in [6, 6.07) is 7.98. The number of para-hydroxylation sites is 1. The molecule has 0 amide bonds. The molecule has 0 bridgehead atoms. The van der Waals surface area contributed by atoms with Crippen molar-refractivity contribution in [2.24, 2.45) is 0 Å². The van der Waals surface area contributed by atoms with E-state index >= 15 is 0 Å². The number of nitrogens with zero attached hydrogens (tertiary/aromatic N) is 2. The fourth-order valence-corrected chi connectivity index (χ4v) is 2.64. The van der Waals surface area contributed by atoms with Crippen LogP contribution in [0.2, 0.25) is 5.02 Å². The van der Waals surface area contributed by atoms with E-state index in [1.165, 1.54) is 0 Å². The van der Waals surface area contributed by atoms with Crippen LogP contribution in [0.15, 0.2) is 30.9 Å². The molecule has 100 valence electrons. The molecule has 1 aromatic rings. The number of piperidine rings is 1. The lowest BCUT2D eigenvalue weighted by Crippen LogP contribution is -2.39. The summed E-state index contributed by atoms with van der Waals surface area (Å²) in [6.45, 7) is 6.81. The third kappa shape index (κ3) is 3.50. The van der Waals surface area contributed by atoms with Crippen molar-refractivity contribution in [3.8, 4) is 6.07 Å². The predicted molar refractivity (Wildman–Crippen MR) is 79.4 cm³/mol. The first kappa shape index (κ1) is 13.9. The molecule has 3 nitrogen and oxygen atoms in total. The molecule has 1 N–H and O–H groups in total. The molecule has 0 atom stereocenters. The van der Waals surface area contributed by atoms with Crippen LogP contribution in [0, 0.1) is 11.3 Å². The minimum absolute atomic E-state index is 0.382. The van der Waals surface area contributed by atoms with E-state index in [2.05, 4.69) is 22.9 Å². The second-order valence-electron chi connectivity index (χ2n) is 4.78. The summed E-state index contributed by atoms with van der Waals surface area (Å²) in [4.78, 5) is 2.38. The van der Waals surface area contributed by atoms with Gasteiger partial charge < -0.3 is 5.32 Å². The van der Waals surface area contributed by atoms with E-state index in [-0.39, 0.29) is 0 Å². The molecule has 0 unspecified atom stereocenters. The highest BCUT2D eigenvalue weighted by Gasteiger charge is 2.19. The highest BCUT2D eigenvalue weighted by Crippen LogP contribution is 2.27. The molecule has 2 rings (SSSR count). The zero-order chi connectivity index (χ0) is 13.7.